The zero-order chi connectivity index (χ0) is 14.3. The maximum Gasteiger partial charge on any atom is 0.248 e. The van der Waals surface area contributed by atoms with E-state index in [2.05, 4.69) is 23.7 Å². The lowest BCUT2D eigenvalue weighted by Gasteiger charge is -2.32. The highest BCUT2D eigenvalue weighted by Crippen LogP contribution is 2.41. The predicted molar refractivity (Wildman–Crippen MR) is 78.4 cm³/mol. The topological polar surface area (TPSA) is 49.4 Å². The Bertz CT molecular complexity index is 550. The molecule has 2 amide bonds. The van der Waals surface area contributed by atoms with Crippen LogP contribution in [0.15, 0.2) is 11.4 Å². The maximum atomic E-state index is 12.8. The fraction of sp³-hybridized carbons (Fsp3) is 0.600. The van der Waals surface area contributed by atoms with Gasteiger partial charge in [-0.2, -0.15) is 0 Å². The van der Waals surface area contributed by atoms with E-state index in [0.29, 0.717) is 25.4 Å². The molecule has 0 bridgehead atoms. The van der Waals surface area contributed by atoms with Crippen molar-refractivity contribution in [2.75, 3.05) is 6.54 Å². The van der Waals surface area contributed by atoms with E-state index in [4.69, 9.17) is 0 Å². The van der Waals surface area contributed by atoms with Crippen LogP contribution in [-0.2, 0) is 16.1 Å². The lowest BCUT2D eigenvalue weighted by atomic mass is 9.94. The SMILES string of the molecule is Cc1ccsc1CN1CCC(=O)NC(C)(C2CC2)C1=O. The summed E-state index contributed by atoms with van der Waals surface area (Å²) in [6.45, 7) is 5.10. The number of thiophene rings is 1. The van der Waals surface area contributed by atoms with Crippen LogP contribution in [0.2, 0.25) is 0 Å². The fourth-order valence-electron chi connectivity index (χ4n) is 2.90. The molecule has 1 saturated heterocycles. The van der Waals surface area contributed by atoms with Crippen LogP contribution in [0.4, 0.5) is 0 Å². The second-order valence-electron chi connectivity index (χ2n) is 6.03. The summed E-state index contributed by atoms with van der Waals surface area (Å²) in [5.41, 5.74) is 0.526. The largest absolute Gasteiger partial charge is 0.342 e. The molecule has 108 valence electrons. The third kappa shape index (κ3) is 2.35. The molecule has 1 N–H and O–H groups in total. The van der Waals surface area contributed by atoms with Crippen LogP contribution in [0.3, 0.4) is 0 Å². The molecule has 1 unspecified atom stereocenters. The van der Waals surface area contributed by atoms with Gasteiger partial charge in [0.05, 0.1) is 6.54 Å². The second kappa shape index (κ2) is 4.88. The minimum Gasteiger partial charge on any atom is -0.342 e. The van der Waals surface area contributed by atoms with Crippen molar-refractivity contribution < 1.29 is 9.59 Å². The van der Waals surface area contributed by atoms with Crippen molar-refractivity contribution in [3.8, 4) is 0 Å². The Morgan fingerprint density at radius 2 is 2.20 bits per heavy atom. The molecule has 3 rings (SSSR count). The van der Waals surface area contributed by atoms with Crippen molar-refractivity contribution in [1.29, 1.82) is 0 Å². The Balaban J connectivity index is 1.84. The monoisotopic (exact) mass is 292 g/mol. The van der Waals surface area contributed by atoms with Crippen LogP contribution in [0.5, 0.6) is 0 Å². The molecule has 2 aliphatic rings. The number of nitrogens with zero attached hydrogens (tertiary/aromatic N) is 1. The van der Waals surface area contributed by atoms with Crippen molar-refractivity contribution in [2.45, 2.75) is 45.2 Å². The first-order valence-corrected chi connectivity index (χ1v) is 8.02. The van der Waals surface area contributed by atoms with Crippen molar-refractivity contribution >= 4 is 23.2 Å². The van der Waals surface area contributed by atoms with E-state index >= 15 is 0 Å². The van der Waals surface area contributed by atoms with E-state index in [1.54, 1.807) is 11.3 Å². The number of aryl methyl sites for hydroxylation is 1. The first kappa shape index (κ1) is 13.6. The fourth-order valence-corrected chi connectivity index (χ4v) is 3.82. The Morgan fingerprint density at radius 1 is 1.45 bits per heavy atom. The molecule has 2 fully saturated rings. The van der Waals surface area contributed by atoms with Gasteiger partial charge in [0.1, 0.15) is 5.54 Å². The molecule has 1 aromatic rings. The summed E-state index contributed by atoms with van der Waals surface area (Å²) in [4.78, 5) is 27.8. The van der Waals surface area contributed by atoms with Gasteiger partial charge in [0, 0.05) is 17.8 Å². The van der Waals surface area contributed by atoms with E-state index in [-0.39, 0.29) is 11.8 Å². The third-order valence-corrected chi connectivity index (χ3v) is 5.44. The molecule has 1 aliphatic heterocycles. The number of amides is 2. The van der Waals surface area contributed by atoms with Gasteiger partial charge in [0.15, 0.2) is 0 Å². The average Bonchev–Trinajstić information content (AvgIpc) is 3.19. The molecule has 2 heterocycles. The molecule has 1 aromatic heterocycles. The van der Waals surface area contributed by atoms with Crippen LogP contribution >= 0.6 is 11.3 Å². The Labute approximate surface area is 123 Å². The predicted octanol–water partition coefficient (Wildman–Crippen LogP) is 2.07. The van der Waals surface area contributed by atoms with Crippen LogP contribution in [0.1, 0.15) is 36.6 Å². The van der Waals surface area contributed by atoms with Crippen LogP contribution in [0, 0.1) is 12.8 Å². The Morgan fingerprint density at radius 3 is 2.80 bits per heavy atom. The van der Waals surface area contributed by atoms with Crippen molar-refractivity contribution in [3.63, 3.8) is 0 Å². The number of rotatable bonds is 3. The molecular weight excluding hydrogens is 272 g/mol. The highest BCUT2D eigenvalue weighted by molar-refractivity contribution is 7.10. The summed E-state index contributed by atoms with van der Waals surface area (Å²) in [6, 6.07) is 2.08. The highest BCUT2D eigenvalue weighted by Gasteiger charge is 2.51. The minimum absolute atomic E-state index is 0.00171. The number of carbonyl (C=O) groups is 2. The average molecular weight is 292 g/mol. The molecule has 0 aromatic carbocycles. The van der Waals surface area contributed by atoms with Gasteiger partial charge in [-0.05, 0) is 49.6 Å². The molecule has 1 atom stereocenters. The van der Waals surface area contributed by atoms with Gasteiger partial charge >= 0.3 is 0 Å². The summed E-state index contributed by atoms with van der Waals surface area (Å²) in [7, 11) is 0. The van der Waals surface area contributed by atoms with E-state index < -0.39 is 5.54 Å². The van der Waals surface area contributed by atoms with Gasteiger partial charge < -0.3 is 10.2 Å². The summed E-state index contributed by atoms with van der Waals surface area (Å²) in [6.07, 6.45) is 2.47. The molecular formula is C15H20N2O2S. The molecule has 0 radical (unpaired) electrons. The molecule has 5 heteroatoms. The van der Waals surface area contributed by atoms with Gasteiger partial charge in [-0.3, -0.25) is 9.59 Å². The number of hydrogen-bond acceptors (Lipinski definition) is 3. The number of nitrogens with one attached hydrogen (secondary N) is 1. The van der Waals surface area contributed by atoms with Gasteiger partial charge in [0.2, 0.25) is 11.8 Å². The first-order chi connectivity index (χ1) is 9.50. The second-order valence-corrected chi connectivity index (χ2v) is 7.03. The molecule has 1 saturated carbocycles. The standard InChI is InChI=1S/C15H20N2O2S/c1-10-6-8-20-12(10)9-17-7-5-13(18)16-15(2,14(17)19)11-3-4-11/h6,8,11H,3-5,7,9H2,1-2H3,(H,16,18). The third-order valence-electron chi connectivity index (χ3n) is 4.44. The first-order valence-electron chi connectivity index (χ1n) is 7.14. The van der Waals surface area contributed by atoms with Gasteiger partial charge in [0.25, 0.3) is 0 Å². The molecule has 1 aliphatic carbocycles. The summed E-state index contributed by atoms with van der Waals surface area (Å²) in [5.74, 6) is 0.390. The van der Waals surface area contributed by atoms with E-state index in [9.17, 15) is 9.59 Å². The van der Waals surface area contributed by atoms with Gasteiger partial charge in [-0.25, -0.2) is 0 Å². The lowest BCUT2D eigenvalue weighted by Crippen LogP contribution is -2.56. The summed E-state index contributed by atoms with van der Waals surface area (Å²) >= 11 is 1.68. The lowest BCUT2D eigenvalue weighted by molar-refractivity contribution is -0.139. The zero-order valence-corrected chi connectivity index (χ0v) is 12.8. The highest BCUT2D eigenvalue weighted by atomic mass is 32.1. The van der Waals surface area contributed by atoms with Crippen molar-refractivity contribution in [1.82, 2.24) is 10.2 Å². The molecule has 20 heavy (non-hydrogen) atoms. The smallest absolute Gasteiger partial charge is 0.248 e. The number of carbonyl (C=O) groups excluding carboxylic acids is 2. The minimum atomic E-state index is -0.696. The maximum absolute atomic E-state index is 12.8. The normalized spacial score (nSPS) is 27.4. The number of hydrogen-bond donors (Lipinski definition) is 1. The summed E-state index contributed by atoms with van der Waals surface area (Å²) in [5, 5.41) is 5.02. The van der Waals surface area contributed by atoms with E-state index in [1.165, 1.54) is 10.4 Å². The molecule has 0 spiro atoms. The van der Waals surface area contributed by atoms with Gasteiger partial charge in [-0.15, -0.1) is 11.3 Å². The molecule has 4 nitrogen and oxygen atoms in total. The van der Waals surface area contributed by atoms with Crippen LogP contribution in [0.25, 0.3) is 0 Å². The van der Waals surface area contributed by atoms with Crippen LogP contribution in [-0.4, -0.2) is 28.8 Å². The Kier molecular flexibility index (Phi) is 3.32. The van der Waals surface area contributed by atoms with Crippen molar-refractivity contribution in [2.24, 2.45) is 5.92 Å². The van der Waals surface area contributed by atoms with E-state index in [1.807, 2.05) is 11.8 Å². The van der Waals surface area contributed by atoms with Gasteiger partial charge in [-0.1, -0.05) is 0 Å². The zero-order valence-electron chi connectivity index (χ0n) is 11.9. The van der Waals surface area contributed by atoms with Crippen molar-refractivity contribution in [3.05, 3.63) is 21.9 Å². The van der Waals surface area contributed by atoms with Crippen LogP contribution < -0.4 is 5.32 Å². The van der Waals surface area contributed by atoms with E-state index in [0.717, 1.165) is 12.8 Å². The Hall–Kier alpha value is -1.36. The summed E-state index contributed by atoms with van der Waals surface area (Å²) < 4.78 is 0. The quantitative estimate of drug-likeness (QED) is 0.927.